The van der Waals surface area contributed by atoms with Gasteiger partial charge in [0.2, 0.25) is 5.91 Å². The molecule has 2 saturated heterocycles. The third-order valence-corrected chi connectivity index (χ3v) is 4.67. The number of rotatable bonds is 3. The van der Waals surface area contributed by atoms with Gasteiger partial charge >= 0.3 is 5.97 Å². The molecule has 0 aliphatic carbocycles. The molecule has 2 heterocycles. The van der Waals surface area contributed by atoms with Crippen molar-refractivity contribution in [3.05, 3.63) is 0 Å². The van der Waals surface area contributed by atoms with Crippen LogP contribution in [0.3, 0.4) is 0 Å². The average molecular weight is 298 g/mol. The summed E-state index contributed by atoms with van der Waals surface area (Å²) in [5, 5.41) is 9.77. The monoisotopic (exact) mass is 298 g/mol. The number of esters is 1. The van der Waals surface area contributed by atoms with Crippen LogP contribution in [0, 0.1) is 0 Å². The van der Waals surface area contributed by atoms with Crippen molar-refractivity contribution in [2.24, 2.45) is 0 Å². The summed E-state index contributed by atoms with van der Waals surface area (Å²) in [6, 6.07) is -0.0277. The molecule has 21 heavy (non-hydrogen) atoms. The Morgan fingerprint density at radius 3 is 2.43 bits per heavy atom. The smallest absolute Gasteiger partial charge is 0.323 e. The Morgan fingerprint density at radius 1 is 1.24 bits per heavy atom. The number of nitrogens with zero attached hydrogens (tertiary/aromatic N) is 2. The van der Waals surface area contributed by atoms with Crippen LogP contribution in [0.2, 0.25) is 0 Å². The van der Waals surface area contributed by atoms with Crippen LogP contribution in [0.5, 0.6) is 0 Å². The molecule has 0 spiro atoms. The minimum atomic E-state index is -0.571. The van der Waals surface area contributed by atoms with E-state index in [0.29, 0.717) is 13.0 Å². The summed E-state index contributed by atoms with van der Waals surface area (Å²) in [5.74, 6) is -0.336. The van der Waals surface area contributed by atoms with Gasteiger partial charge in [0.15, 0.2) is 0 Å². The summed E-state index contributed by atoms with van der Waals surface area (Å²) >= 11 is 0. The van der Waals surface area contributed by atoms with Gasteiger partial charge in [-0.2, -0.15) is 0 Å². The number of carbonyl (C=O) groups excluding carboxylic acids is 2. The fraction of sp³-hybridized carbons (Fsp3) is 0.867. The largest absolute Gasteiger partial charge is 0.468 e. The fourth-order valence-corrected chi connectivity index (χ4v) is 3.60. The number of aliphatic hydroxyl groups excluding tert-OH is 1. The van der Waals surface area contributed by atoms with E-state index in [0.717, 1.165) is 19.3 Å². The molecule has 2 aliphatic rings. The maximum absolute atomic E-state index is 12.6. The van der Waals surface area contributed by atoms with Gasteiger partial charge in [0.1, 0.15) is 6.04 Å². The molecule has 6 nitrogen and oxygen atoms in total. The number of likely N-dealkylation sites (tertiary alicyclic amines) is 2. The number of piperidine rings is 1. The molecule has 0 saturated carbocycles. The lowest BCUT2D eigenvalue weighted by Crippen LogP contribution is -2.52. The van der Waals surface area contributed by atoms with Crippen molar-refractivity contribution in [3.8, 4) is 0 Å². The summed E-state index contributed by atoms with van der Waals surface area (Å²) in [6.07, 6.45) is 2.97. The lowest BCUT2D eigenvalue weighted by Gasteiger charge is -2.40. The van der Waals surface area contributed by atoms with Crippen molar-refractivity contribution in [1.29, 1.82) is 0 Å². The van der Waals surface area contributed by atoms with E-state index in [1.54, 1.807) is 4.90 Å². The lowest BCUT2D eigenvalue weighted by molar-refractivity contribution is -0.147. The zero-order valence-electron chi connectivity index (χ0n) is 13.1. The second-order valence-electron chi connectivity index (χ2n) is 6.29. The predicted molar refractivity (Wildman–Crippen MR) is 77.6 cm³/mol. The molecule has 0 bridgehead atoms. The first kappa shape index (κ1) is 16.2. The Bertz CT molecular complexity index is 391. The lowest BCUT2D eigenvalue weighted by atomic mass is 9.97. The van der Waals surface area contributed by atoms with Gasteiger partial charge in [-0.25, -0.2) is 0 Å². The van der Waals surface area contributed by atoms with Crippen molar-refractivity contribution < 1.29 is 19.4 Å². The van der Waals surface area contributed by atoms with Crippen LogP contribution in [0.4, 0.5) is 0 Å². The highest BCUT2D eigenvalue weighted by molar-refractivity contribution is 5.81. The van der Waals surface area contributed by atoms with E-state index >= 15 is 0 Å². The number of carbonyl (C=O) groups is 2. The quantitative estimate of drug-likeness (QED) is 0.763. The van der Waals surface area contributed by atoms with E-state index in [1.807, 2.05) is 4.90 Å². The third-order valence-electron chi connectivity index (χ3n) is 4.67. The summed E-state index contributed by atoms with van der Waals surface area (Å²) in [6.45, 7) is 4.67. The van der Waals surface area contributed by atoms with Crippen molar-refractivity contribution in [3.63, 3.8) is 0 Å². The Kier molecular flexibility index (Phi) is 5.22. The second-order valence-corrected chi connectivity index (χ2v) is 6.29. The molecule has 1 N–H and O–H groups in total. The third kappa shape index (κ3) is 3.55. The molecule has 0 aromatic rings. The van der Waals surface area contributed by atoms with E-state index in [2.05, 4.69) is 13.8 Å². The van der Waals surface area contributed by atoms with Crippen molar-refractivity contribution >= 4 is 11.9 Å². The van der Waals surface area contributed by atoms with Gasteiger partial charge in [0.05, 0.1) is 19.8 Å². The van der Waals surface area contributed by atoms with E-state index in [1.165, 1.54) is 7.11 Å². The van der Waals surface area contributed by atoms with Gasteiger partial charge in [0.25, 0.3) is 0 Å². The number of ether oxygens (including phenoxy) is 1. The first-order valence-corrected chi connectivity index (χ1v) is 7.75. The molecule has 2 aliphatic heterocycles. The topological polar surface area (TPSA) is 70.1 Å². The van der Waals surface area contributed by atoms with Gasteiger partial charge in [0, 0.05) is 25.0 Å². The highest BCUT2D eigenvalue weighted by Crippen LogP contribution is 2.24. The molecule has 120 valence electrons. The van der Waals surface area contributed by atoms with Crippen LogP contribution in [0.1, 0.15) is 39.5 Å². The van der Waals surface area contributed by atoms with Crippen LogP contribution in [0.25, 0.3) is 0 Å². The summed E-state index contributed by atoms with van der Waals surface area (Å²) in [7, 11) is 1.34. The van der Waals surface area contributed by atoms with Crippen LogP contribution in [-0.4, -0.2) is 71.2 Å². The highest BCUT2D eigenvalue weighted by atomic mass is 16.5. The Morgan fingerprint density at radius 2 is 1.86 bits per heavy atom. The molecule has 2 fully saturated rings. The number of amides is 1. The van der Waals surface area contributed by atoms with Crippen molar-refractivity contribution in [2.75, 3.05) is 20.2 Å². The zero-order chi connectivity index (χ0) is 15.6. The summed E-state index contributed by atoms with van der Waals surface area (Å²) in [5.41, 5.74) is 0. The number of hydrogen-bond acceptors (Lipinski definition) is 5. The average Bonchev–Trinajstić information content (AvgIpc) is 2.78. The molecular weight excluding hydrogens is 272 g/mol. The minimum Gasteiger partial charge on any atom is -0.468 e. The van der Waals surface area contributed by atoms with Crippen LogP contribution >= 0.6 is 0 Å². The van der Waals surface area contributed by atoms with Crippen LogP contribution in [0.15, 0.2) is 0 Å². The first-order valence-electron chi connectivity index (χ1n) is 7.75. The van der Waals surface area contributed by atoms with Crippen LogP contribution in [-0.2, 0) is 14.3 Å². The number of aliphatic hydroxyl groups is 1. The van der Waals surface area contributed by atoms with E-state index in [9.17, 15) is 14.7 Å². The van der Waals surface area contributed by atoms with E-state index in [-0.39, 0.29) is 30.5 Å². The molecule has 0 radical (unpaired) electrons. The summed E-state index contributed by atoms with van der Waals surface area (Å²) < 4.78 is 4.77. The number of methoxy groups -OCH3 is 1. The maximum atomic E-state index is 12.6. The zero-order valence-corrected chi connectivity index (χ0v) is 13.1. The Hall–Kier alpha value is -1.14. The molecule has 0 aromatic carbocycles. The first-order chi connectivity index (χ1) is 9.93. The van der Waals surface area contributed by atoms with Crippen molar-refractivity contribution in [1.82, 2.24) is 9.80 Å². The standard InChI is InChI=1S/C15H26N2O4/c1-10-5-4-6-11(2)17(10)14(19)9-16-8-12(18)7-13(16)15(20)21-3/h10-13,18H,4-9H2,1-3H3. The second kappa shape index (κ2) is 6.75. The highest BCUT2D eigenvalue weighted by Gasteiger charge is 2.39. The Labute approximate surface area is 126 Å². The molecule has 4 unspecified atom stereocenters. The SMILES string of the molecule is COC(=O)C1CC(O)CN1CC(=O)N1C(C)CCCC1C. The van der Waals surface area contributed by atoms with Crippen LogP contribution < -0.4 is 0 Å². The van der Waals surface area contributed by atoms with E-state index < -0.39 is 12.1 Å². The number of β-amino-alcohol motifs (C(OH)–C–C–N with tert-alkyl or cyclic N) is 1. The van der Waals surface area contributed by atoms with Gasteiger partial charge in [-0.15, -0.1) is 0 Å². The van der Waals surface area contributed by atoms with Gasteiger partial charge < -0.3 is 14.7 Å². The summed E-state index contributed by atoms with van der Waals surface area (Å²) in [4.78, 5) is 28.0. The molecule has 6 heteroatoms. The molecule has 0 aromatic heterocycles. The molecule has 2 rings (SSSR count). The van der Waals surface area contributed by atoms with Gasteiger partial charge in [-0.1, -0.05) is 0 Å². The fourth-order valence-electron chi connectivity index (χ4n) is 3.60. The molecule has 4 atom stereocenters. The maximum Gasteiger partial charge on any atom is 0.323 e. The predicted octanol–water partition coefficient (Wildman–Crippen LogP) is 0.384. The normalized spacial score (nSPS) is 34.0. The van der Waals surface area contributed by atoms with E-state index in [4.69, 9.17) is 4.74 Å². The number of hydrogen-bond donors (Lipinski definition) is 1. The molecular formula is C15H26N2O4. The minimum absolute atomic E-state index is 0.0395. The van der Waals surface area contributed by atoms with Gasteiger partial charge in [-0.05, 0) is 33.1 Å². The molecule has 1 amide bonds. The Balaban J connectivity index is 2.02. The van der Waals surface area contributed by atoms with Crippen molar-refractivity contribution in [2.45, 2.75) is 63.8 Å². The van der Waals surface area contributed by atoms with Gasteiger partial charge in [-0.3, -0.25) is 14.5 Å².